The van der Waals surface area contributed by atoms with Crippen molar-refractivity contribution in [3.05, 3.63) is 17.8 Å². The number of nitrogens with zero attached hydrogens (tertiary/aromatic N) is 3. The minimum absolute atomic E-state index is 0.0586. The van der Waals surface area contributed by atoms with Gasteiger partial charge in [-0.1, -0.05) is 0 Å². The Hall–Kier alpha value is -1.67. The van der Waals surface area contributed by atoms with Crippen molar-refractivity contribution in [2.45, 2.75) is 6.10 Å². The number of hydrogen-bond donors (Lipinski definition) is 0. The molecular formula is C8H7N3O2. The van der Waals surface area contributed by atoms with Crippen LogP contribution in [-0.4, -0.2) is 29.5 Å². The van der Waals surface area contributed by atoms with Gasteiger partial charge in [0.2, 0.25) is 5.88 Å². The monoisotopic (exact) mass is 177 g/mol. The molecule has 1 fully saturated rings. The highest BCUT2D eigenvalue weighted by molar-refractivity contribution is 5.28. The smallest absolute Gasteiger partial charge is 0.235 e. The SMILES string of the molecule is N#Cc1cnnc(OC2COC2)c1. The van der Waals surface area contributed by atoms with Crippen molar-refractivity contribution in [3.63, 3.8) is 0 Å². The van der Waals surface area contributed by atoms with E-state index in [4.69, 9.17) is 14.7 Å². The third kappa shape index (κ3) is 1.73. The summed E-state index contributed by atoms with van der Waals surface area (Å²) < 4.78 is 10.3. The minimum Gasteiger partial charge on any atom is -0.468 e. The Morgan fingerprint density at radius 1 is 1.62 bits per heavy atom. The van der Waals surface area contributed by atoms with Gasteiger partial charge in [-0.05, 0) is 0 Å². The molecule has 0 atom stereocenters. The highest BCUT2D eigenvalue weighted by Gasteiger charge is 2.20. The second-order valence-electron chi connectivity index (χ2n) is 2.67. The molecule has 0 aliphatic carbocycles. The van der Waals surface area contributed by atoms with Crippen LogP contribution in [0, 0.1) is 11.3 Å². The van der Waals surface area contributed by atoms with E-state index in [2.05, 4.69) is 10.2 Å². The summed E-state index contributed by atoms with van der Waals surface area (Å²) in [7, 11) is 0. The van der Waals surface area contributed by atoms with Crippen LogP contribution in [0.1, 0.15) is 5.56 Å². The third-order valence-corrected chi connectivity index (χ3v) is 1.66. The van der Waals surface area contributed by atoms with Gasteiger partial charge < -0.3 is 9.47 Å². The molecule has 66 valence electrons. The summed E-state index contributed by atoms with van der Waals surface area (Å²) in [5.41, 5.74) is 0.449. The molecule has 1 aliphatic rings. The molecule has 0 radical (unpaired) electrons. The molecular weight excluding hydrogens is 170 g/mol. The van der Waals surface area contributed by atoms with E-state index >= 15 is 0 Å². The first kappa shape index (κ1) is 7.95. The van der Waals surface area contributed by atoms with Crippen molar-refractivity contribution in [2.75, 3.05) is 13.2 Å². The quantitative estimate of drug-likeness (QED) is 0.642. The zero-order chi connectivity index (χ0) is 9.10. The average molecular weight is 177 g/mol. The van der Waals surface area contributed by atoms with E-state index in [1.165, 1.54) is 6.20 Å². The number of hydrogen-bond acceptors (Lipinski definition) is 5. The largest absolute Gasteiger partial charge is 0.468 e. The first-order chi connectivity index (χ1) is 6.38. The summed E-state index contributed by atoms with van der Waals surface area (Å²) in [5, 5.41) is 15.9. The third-order valence-electron chi connectivity index (χ3n) is 1.66. The molecule has 5 nitrogen and oxygen atoms in total. The van der Waals surface area contributed by atoms with Crippen molar-refractivity contribution in [3.8, 4) is 11.9 Å². The molecule has 1 aliphatic heterocycles. The average Bonchev–Trinajstić information content (AvgIpc) is 2.12. The molecule has 0 aromatic carbocycles. The lowest BCUT2D eigenvalue weighted by atomic mass is 10.3. The second kappa shape index (κ2) is 3.37. The fraction of sp³-hybridized carbons (Fsp3) is 0.375. The zero-order valence-corrected chi connectivity index (χ0v) is 6.80. The highest BCUT2D eigenvalue weighted by atomic mass is 16.6. The van der Waals surface area contributed by atoms with Crippen LogP contribution in [0.5, 0.6) is 5.88 Å². The molecule has 13 heavy (non-hydrogen) atoms. The Morgan fingerprint density at radius 2 is 2.46 bits per heavy atom. The van der Waals surface area contributed by atoms with Crippen LogP contribution in [0.15, 0.2) is 12.3 Å². The Bertz CT molecular complexity index is 343. The molecule has 0 saturated carbocycles. The van der Waals surface area contributed by atoms with Crippen LogP contribution >= 0.6 is 0 Å². The van der Waals surface area contributed by atoms with E-state index in [1.54, 1.807) is 6.07 Å². The predicted molar refractivity (Wildman–Crippen MR) is 42.0 cm³/mol. The van der Waals surface area contributed by atoms with Crippen LogP contribution in [0.4, 0.5) is 0 Å². The number of aromatic nitrogens is 2. The summed E-state index contributed by atoms with van der Waals surface area (Å²) >= 11 is 0. The first-order valence-electron chi connectivity index (χ1n) is 3.86. The van der Waals surface area contributed by atoms with Crippen molar-refractivity contribution >= 4 is 0 Å². The Balaban J connectivity index is 2.07. The van der Waals surface area contributed by atoms with Gasteiger partial charge in [-0.25, -0.2) is 0 Å². The maximum Gasteiger partial charge on any atom is 0.235 e. The van der Waals surface area contributed by atoms with Crippen molar-refractivity contribution in [2.24, 2.45) is 0 Å². The highest BCUT2D eigenvalue weighted by Crippen LogP contribution is 2.12. The van der Waals surface area contributed by atoms with Crippen LogP contribution in [0.25, 0.3) is 0 Å². The topological polar surface area (TPSA) is 68.0 Å². The lowest BCUT2D eigenvalue weighted by Gasteiger charge is -2.25. The maximum atomic E-state index is 8.57. The molecule has 0 spiro atoms. The van der Waals surface area contributed by atoms with E-state index in [-0.39, 0.29) is 6.10 Å². The summed E-state index contributed by atoms with van der Waals surface area (Å²) in [4.78, 5) is 0. The molecule has 0 bridgehead atoms. The van der Waals surface area contributed by atoms with Gasteiger partial charge in [-0.2, -0.15) is 10.4 Å². The van der Waals surface area contributed by atoms with Crippen LogP contribution < -0.4 is 4.74 Å². The summed E-state index contributed by atoms with van der Waals surface area (Å²) in [6.07, 6.45) is 1.45. The summed E-state index contributed by atoms with van der Waals surface area (Å²) in [6.45, 7) is 1.16. The predicted octanol–water partition coefficient (Wildman–Crippen LogP) is 0.126. The van der Waals surface area contributed by atoms with Crippen LogP contribution in [0.2, 0.25) is 0 Å². The molecule has 5 heteroatoms. The van der Waals surface area contributed by atoms with E-state index in [0.29, 0.717) is 24.7 Å². The van der Waals surface area contributed by atoms with Crippen LogP contribution in [-0.2, 0) is 4.74 Å². The Morgan fingerprint density at radius 3 is 3.08 bits per heavy atom. The minimum atomic E-state index is 0.0586. The molecule has 0 N–H and O–H groups in total. The van der Waals surface area contributed by atoms with Gasteiger partial charge in [0, 0.05) is 6.07 Å². The lowest BCUT2D eigenvalue weighted by molar-refractivity contribution is -0.0816. The van der Waals surface area contributed by atoms with E-state index in [9.17, 15) is 0 Å². The number of nitriles is 1. The maximum absolute atomic E-state index is 8.57. The first-order valence-corrected chi connectivity index (χ1v) is 3.86. The molecule has 0 unspecified atom stereocenters. The molecule has 1 aromatic heterocycles. The van der Waals surface area contributed by atoms with Gasteiger partial charge in [0.05, 0.1) is 25.0 Å². The number of ether oxygens (including phenoxy) is 2. The lowest BCUT2D eigenvalue weighted by Crippen LogP contribution is -2.38. The van der Waals surface area contributed by atoms with Gasteiger partial charge in [-0.15, -0.1) is 5.10 Å². The Labute approximate surface area is 74.9 Å². The van der Waals surface area contributed by atoms with Gasteiger partial charge in [-0.3, -0.25) is 0 Å². The summed E-state index contributed by atoms with van der Waals surface area (Å²) in [5.74, 6) is 0.382. The molecule has 2 heterocycles. The van der Waals surface area contributed by atoms with E-state index in [0.717, 1.165) is 0 Å². The van der Waals surface area contributed by atoms with Crippen molar-refractivity contribution in [1.82, 2.24) is 10.2 Å². The fourth-order valence-corrected chi connectivity index (χ4v) is 0.919. The zero-order valence-electron chi connectivity index (χ0n) is 6.80. The molecule has 2 rings (SSSR count). The van der Waals surface area contributed by atoms with Gasteiger partial charge >= 0.3 is 0 Å². The summed E-state index contributed by atoms with van der Waals surface area (Å²) in [6, 6.07) is 3.52. The van der Waals surface area contributed by atoms with Gasteiger partial charge in [0.1, 0.15) is 12.2 Å². The fourth-order valence-electron chi connectivity index (χ4n) is 0.919. The van der Waals surface area contributed by atoms with Crippen molar-refractivity contribution < 1.29 is 9.47 Å². The van der Waals surface area contributed by atoms with E-state index < -0.39 is 0 Å². The Kier molecular flexibility index (Phi) is 2.06. The molecule has 0 amide bonds. The molecule has 1 saturated heterocycles. The van der Waals surface area contributed by atoms with Gasteiger partial charge in [0.15, 0.2) is 0 Å². The number of rotatable bonds is 2. The standard InChI is InChI=1S/C8H7N3O2/c9-2-6-1-8(11-10-3-6)13-7-4-12-5-7/h1,3,7H,4-5H2. The second-order valence-corrected chi connectivity index (χ2v) is 2.67. The van der Waals surface area contributed by atoms with Gasteiger partial charge in [0.25, 0.3) is 0 Å². The van der Waals surface area contributed by atoms with E-state index in [1.807, 2.05) is 6.07 Å². The van der Waals surface area contributed by atoms with Crippen LogP contribution in [0.3, 0.4) is 0 Å². The normalized spacial score (nSPS) is 15.9. The molecule has 1 aromatic rings. The van der Waals surface area contributed by atoms with Crippen molar-refractivity contribution in [1.29, 1.82) is 5.26 Å².